The Labute approximate surface area is 108 Å². The van der Waals surface area contributed by atoms with Gasteiger partial charge in [0, 0.05) is 30.4 Å². The molecule has 1 fully saturated rings. The van der Waals surface area contributed by atoms with Crippen LogP contribution in [0.2, 0.25) is 0 Å². The first-order chi connectivity index (χ1) is 8.36. The summed E-state index contributed by atoms with van der Waals surface area (Å²) in [5, 5.41) is 3.52. The van der Waals surface area contributed by atoms with Crippen LogP contribution in [0.1, 0.15) is 18.4 Å². The summed E-state index contributed by atoms with van der Waals surface area (Å²) < 4.78 is 0. The first kappa shape index (κ1) is 12.9. The average molecular weight is 251 g/mol. The second kappa shape index (κ2) is 6.99. The molecule has 1 atom stereocenters. The zero-order chi connectivity index (χ0) is 11.9. The summed E-state index contributed by atoms with van der Waals surface area (Å²) in [6, 6.07) is 4.18. The highest BCUT2D eigenvalue weighted by atomic mass is 32.2. The maximum absolute atomic E-state index is 4.03. The summed E-state index contributed by atoms with van der Waals surface area (Å²) in [4.78, 5) is 6.47. The molecule has 1 aliphatic rings. The number of rotatable bonds is 6. The van der Waals surface area contributed by atoms with Crippen LogP contribution in [0.25, 0.3) is 0 Å². The fraction of sp³-hybridized carbons (Fsp3) is 0.615. The number of nitrogens with zero attached hydrogens (tertiary/aromatic N) is 2. The van der Waals surface area contributed by atoms with Crippen molar-refractivity contribution in [2.45, 2.75) is 24.8 Å². The highest BCUT2D eigenvalue weighted by Crippen LogP contribution is 2.13. The fourth-order valence-corrected chi connectivity index (χ4v) is 3.07. The highest BCUT2D eigenvalue weighted by Gasteiger charge is 2.17. The fourth-order valence-electron chi connectivity index (χ4n) is 2.08. The van der Waals surface area contributed by atoms with Crippen LogP contribution < -0.4 is 5.32 Å². The van der Waals surface area contributed by atoms with Crippen molar-refractivity contribution in [2.75, 3.05) is 25.9 Å². The minimum absolute atomic E-state index is 0.608. The van der Waals surface area contributed by atoms with E-state index in [0.717, 1.165) is 12.3 Å². The Hall–Kier alpha value is -0.580. The molecule has 0 bridgehead atoms. The van der Waals surface area contributed by atoms with Crippen molar-refractivity contribution in [3.8, 4) is 0 Å². The van der Waals surface area contributed by atoms with Crippen molar-refractivity contribution in [2.24, 2.45) is 0 Å². The van der Waals surface area contributed by atoms with E-state index >= 15 is 0 Å². The molecule has 0 aliphatic carbocycles. The molecule has 2 rings (SSSR count). The third kappa shape index (κ3) is 4.30. The lowest BCUT2D eigenvalue weighted by atomic mass is 10.3. The van der Waals surface area contributed by atoms with Crippen molar-refractivity contribution >= 4 is 11.8 Å². The van der Waals surface area contributed by atoms with E-state index in [1.54, 1.807) is 0 Å². The molecule has 17 heavy (non-hydrogen) atoms. The molecule has 0 saturated carbocycles. The molecule has 1 aromatic heterocycles. The first-order valence-electron chi connectivity index (χ1n) is 6.26. The number of hydrogen-bond donors (Lipinski definition) is 1. The maximum atomic E-state index is 4.03. The van der Waals surface area contributed by atoms with Crippen molar-refractivity contribution in [1.29, 1.82) is 0 Å². The summed E-state index contributed by atoms with van der Waals surface area (Å²) >= 11 is 2.00. The molecule has 3 nitrogen and oxygen atoms in total. The molecule has 2 heterocycles. The van der Waals surface area contributed by atoms with E-state index in [1.807, 2.05) is 24.2 Å². The van der Waals surface area contributed by atoms with Crippen molar-refractivity contribution < 1.29 is 0 Å². The van der Waals surface area contributed by atoms with Crippen molar-refractivity contribution in [3.05, 3.63) is 30.1 Å². The second-order valence-electron chi connectivity index (χ2n) is 4.50. The maximum Gasteiger partial charge on any atom is 0.0595 e. The van der Waals surface area contributed by atoms with Crippen LogP contribution in [0.4, 0.5) is 0 Å². The Bertz CT molecular complexity index is 312. The van der Waals surface area contributed by atoms with E-state index in [-0.39, 0.29) is 0 Å². The molecular formula is C13H21N3S. The topological polar surface area (TPSA) is 28.2 Å². The minimum Gasteiger partial charge on any atom is -0.302 e. The van der Waals surface area contributed by atoms with E-state index < -0.39 is 0 Å². The standard InChI is InChI=1S/C13H21N3S/c1-16(13-3-2-6-15-13)9-10-17-11-12-4-7-14-8-5-12/h4-5,7-8,13,15H,2-3,6,9-11H2,1H3. The SMILES string of the molecule is CN(CCSCc1ccncc1)C1CCCN1. The minimum atomic E-state index is 0.608. The number of pyridine rings is 1. The Morgan fingerprint density at radius 1 is 1.47 bits per heavy atom. The van der Waals surface area contributed by atoms with Gasteiger partial charge in [-0.1, -0.05) is 0 Å². The lowest BCUT2D eigenvalue weighted by molar-refractivity contribution is 0.238. The monoisotopic (exact) mass is 251 g/mol. The van der Waals surface area contributed by atoms with Gasteiger partial charge in [0.25, 0.3) is 0 Å². The molecule has 1 saturated heterocycles. The van der Waals surface area contributed by atoms with Crippen LogP contribution in [0.15, 0.2) is 24.5 Å². The van der Waals surface area contributed by atoms with Crippen LogP contribution in [0.5, 0.6) is 0 Å². The molecule has 94 valence electrons. The Morgan fingerprint density at radius 2 is 2.29 bits per heavy atom. The lowest BCUT2D eigenvalue weighted by Gasteiger charge is -2.23. The van der Waals surface area contributed by atoms with E-state index in [4.69, 9.17) is 0 Å². The molecule has 1 unspecified atom stereocenters. The number of thioether (sulfide) groups is 1. The molecule has 0 radical (unpaired) electrons. The van der Waals surface area contributed by atoms with Gasteiger partial charge in [0.1, 0.15) is 0 Å². The molecule has 1 N–H and O–H groups in total. The summed E-state index contributed by atoms with van der Waals surface area (Å²) in [5.74, 6) is 2.28. The predicted molar refractivity (Wildman–Crippen MR) is 74.1 cm³/mol. The summed E-state index contributed by atoms with van der Waals surface area (Å²) in [6.45, 7) is 2.34. The lowest BCUT2D eigenvalue weighted by Crippen LogP contribution is -2.40. The molecule has 0 spiro atoms. The molecule has 0 aromatic carbocycles. The van der Waals surface area contributed by atoms with Crippen molar-refractivity contribution in [1.82, 2.24) is 15.2 Å². The van der Waals surface area contributed by atoms with Gasteiger partial charge in [0.15, 0.2) is 0 Å². The highest BCUT2D eigenvalue weighted by molar-refractivity contribution is 7.98. The number of aromatic nitrogens is 1. The molecule has 0 amide bonds. The average Bonchev–Trinajstić information content (AvgIpc) is 2.89. The molecule has 1 aromatic rings. The zero-order valence-corrected chi connectivity index (χ0v) is 11.2. The quantitative estimate of drug-likeness (QED) is 0.782. The normalized spacial score (nSPS) is 20.0. The summed E-state index contributed by atoms with van der Waals surface area (Å²) in [6.07, 6.45) is 6.95. The third-order valence-corrected chi connectivity index (χ3v) is 4.18. The summed E-state index contributed by atoms with van der Waals surface area (Å²) in [7, 11) is 2.22. The molecule has 1 aliphatic heterocycles. The van der Waals surface area contributed by atoms with Crippen LogP contribution >= 0.6 is 11.8 Å². The number of nitrogens with one attached hydrogen (secondary N) is 1. The van der Waals surface area contributed by atoms with Gasteiger partial charge < -0.3 is 5.32 Å². The third-order valence-electron chi connectivity index (χ3n) is 3.17. The Kier molecular flexibility index (Phi) is 5.29. The van der Waals surface area contributed by atoms with Crippen LogP contribution in [0.3, 0.4) is 0 Å². The van der Waals surface area contributed by atoms with E-state index in [9.17, 15) is 0 Å². The predicted octanol–water partition coefficient (Wildman–Crippen LogP) is 1.96. The molecule has 4 heteroatoms. The second-order valence-corrected chi connectivity index (χ2v) is 5.61. The van der Waals surface area contributed by atoms with Gasteiger partial charge in [-0.3, -0.25) is 9.88 Å². The van der Waals surface area contributed by atoms with Gasteiger partial charge >= 0.3 is 0 Å². The Morgan fingerprint density at radius 3 is 3.00 bits per heavy atom. The Balaban J connectivity index is 1.59. The van der Waals surface area contributed by atoms with Crippen LogP contribution in [-0.4, -0.2) is 41.9 Å². The van der Waals surface area contributed by atoms with Gasteiger partial charge in [0.2, 0.25) is 0 Å². The zero-order valence-electron chi connectivity index (χ0n) is 10.4. The van der Waals surface area contributed by atoms with E-state index in [2.05, 4.69) is 34.4 Å². The van der Waals surface area contributed by atoms with Gasteiger partial charge in [-0.25, -0.2) is 0 Å². The summed E-state index contributed by atoms with van der Waals surface area (Å²) in [5.41, 5.74) is 1.37. The van der Waals surface area contributed by atoms with E-state index in [1.165, 1.54) is 30.7 Å². The van der Waals surface area contributed by atoms with Gasteiger partial charge in [-0.05, 0) is 44.1 Å². The van der Waals surface area contributed by atoms with Crippen molar-refractivity contribution in [3.63, 3.8) is 0 Å². The van der Waals surface area contributed by atoms with Crippen LogP contribution in [0, 0.1) is 0 Å². The largest absolute Gasteiger partial charge is 0.302 e. The first-order valence-corrected chi connectivity index (χ1v) is 7.42. The van der Waals surface area contributed by atoms with E-state index in [0.29, 0.717) is 6.17 Å². The molecular weight excluding hydrogens is 230 g/mol. The smallest absolute Gasteiger partial charge is 0.0595 e. The van der Waals surface area contributed by atoms with Gasteiger partial charge in [-0.2, -0.15) is 11.8 Å². The number of hydrogen-bond acceptors (Lipinski definition) is 4. The van der Waals surface area contributed by atoms with Gasteiger partial charge in [0.05, 0.1) is 6.17 Å². The van der Waals surface area contributed by atoms with Gasteiger partial charge in [-0.15, -0.1) is 0 Å². The van der Waals surface area contributed by atoms with Crippen LogP contribution in [-0.2, 0) is 5.75 Å².